The van der Waals surface area contributed by atoms with Crippen LogP contribution in [0.5, 0.6) is 0 Å². The van der Waals surface area contributed by atoms with Crippen LogP contribution in [0.25, 0.3) is 27.7 Å². The lowest BCUT2D eigenvalue weighted by molar-refractivity contribution is 0.463. The van der Waals surface area contributed by atoms with Crippen LogP contribution in [0.3, 0.4) is 0 Å². The second kappa shape index (κ2) is 7.64. The highest BCUT2D eigenvalue weighted by atomic mass is 14.9. The molecule has 0 spiro atoms. The first-order valence-electron chi connectivity index (χ1n) is 10.3. The maximum Gasteiger partial charge on any atom is 0.0701 e. The van der Waals surface area contributed by atoms with E-state index in [2.05, 4.69) is 73.2 Å². The highest BCUT2D eigenvalue weighted by Crippen LogP contribution is 2.39. The summed E-state index contributed by atoms with van der Waals surface area (Å²) in [5, 5.41) is 5.16. The van der Waals surface area contributed by atoms with E-state index >= 15 is 0 Å². The summed E-state index contributed by atoms with van der Waals surface area (Å²) in [5.74, 6) is 0. The summed E-state index contributed by atoms with van der Waals surface area (Å²) in [7, 11) is 0. The Bertz CT molecular complexity index is 943. The van der Waals surface area contributed by atoms with E-state index in [4.69, 9.17) is 0 Å². The molecule has 1 saturated carbocycles. The Labute approximate surface area is 162 Å². The van der Waals surface area contributed by atoms with Crippen molar-refractivity contribution in [2.24, 2.45) is 0 Å². The van der Waals surface area contributed by atoms with Crippen molar-refractivity contribution in [3.8, 4) is 11.3 Å². The average molecular weight is 359 g/mol. The van der Waals surface area contributed by atoms with Crippen molar-refractivity contribution in [2.45, 2.75) is 58.4 Å². The van der Waals surface area contributed by atoms with Crippen LogP contribution in [0.1, 0.15) is 57.1 Å². The predicted octanol–water partition coefficient (Wildman–Crippen LogP) is 7.18. The van der Waals surface area contributed by atoms with Gasteiger partial charge in [0, 0.05) is 17.0 Å². The summed E-state index contributed by atoms with van der Waals surface area (Å²) in [5.41, 5.74) is 8.60. The van der Waals surface area contributed by atoms with Crippen molar-refractivity contribution in [1.82, 2.24) is 4.98 Å². The highest BCUT2D eigenvalue weighted by molar-refractivity contribution is 6.04. The Balaban J connectivity index is 1.89. The number of allylic oxidation sites excluding steroid dienone is 1. The second-order valence-corrected chi connectivity index (χ2v) is 7.92. The molecule has 1 aromatic heterocycles. The number of aryl methyl sites for hydroxylation is 1. The SMILES string of the molecule is C=C(C)c1c(-c2ccccc2)[nH]c2c(NC3CCCCC3)cc(CC)cc12. The fourth-order valence-electron chi connectivity index (χ4n) is 4.41. The van der Waals surface area contributed by atoms with Gasteiger partial charge in [-0.15, -0.1) is 0 Å². The lowest BCUT2D eigenvalue weighted by atomic mass is 9.94. The lowest BCUT2D eigenvalue weighted by Gasteiger charge is -2.24. The third kappa shape index (κ3) is 3.53. The van der Waals surface area contributed by atoms with E-state index in [1.54, 1.807) is 0 Å². The minimum absolute atomic E-state index is 0.589. The molecule has 2 nitrogen and oxygen atoms in total. The summed E-state index contributed by atoms with van der Waals surface area (Å²) in [6.45, 7) is 8.64. The predicted molar refractivity (Wildman–Crippen MR) is 118 cm³/mol. The molecule has 1 fully saturated rings. The molecule has 2 aromatic carbocycles. The van der Waals surface area contributed by atoms with Crippen LogP contribution in [0.4, 0.5) is 5.69 Å². The standard InChI is InChI=1S/C25H30N2/c1-4-18-15-21-23(17(2)3)24(19-11-7-5-8-12-19)27-25(21)22(16-18)26-20-13-9-6-10-14-20/h5,7-8,11-12,15-16,20,26-27H,2,4,6,9-10,13-14H2,1,3H3. The third-order valence-electron chi connectivity index (χ3n) is 5.83. The Morgan fingerprint density at radius 1 is 1.11 bits per heavy atom. The molecule has 0 radical (unpaired) electrons. The molecule has 0 saturated heterocycles. The molecule has 1 aliphatic carbocycles. The van der Waals surface area contributed by atoms with Gasteiger partial charge in [-0.1, -0.05) is 63.1 Å². The highest BCUT2D eigenvalue weighted by Gasteiger charge is 2.19. The van der Waals surface area contributed by atoms with Gasteiger partial charge < -0.3 is 10.3 Å². The Morgan fingerprint density at radius 3 is 2.52 bits per heavy atom. The number of fused-ring (bicyclic) bond motifs is 1. The first-order chi connectivity index (χ1) is 13.2. The number of H-pyrrole nitrogens is 1. The molecular weight excluding hydrogens is 328 g/mol. The van der Waals surface area contributed by atoms with Crippen LogP contribution in [-0.4, -0.2) is 11.0 Å². The van der Waals surface area contributed by atoms with Crippen molar-refractivity contribution in [1.29, 1.82) is 0 Å². The summed E-state index contributed by atoms with van der Waals surface area (Å²) in [6.07, 6.45) is 7.64. The van der Waals surface area contributed by atoms with E-state index in [0.717, 1.165) is 12.0 Å². The Morgan fingerprint density at radius 2 is 1.85 bits per heavy atom. The van der Waals surface area contributed by atoms with Gasteiger partial charge in [-0.25, -0.2) is 0 Å². The molecule has 0 aliphatic heterocycles. The fraction of sp³-hybridized carbons (Fsp3) is 0.360. The van der Waals surface area contributed by atoms with Crippen LogP contribution in [-0.2, 0) is 6.42 Å². The quantitative estimate of drug-likeness (QED) is 0.497. The van der Waals surface area contributed by atoms with E-state index in [-0.39, 0.29) is 0 Å². The van der Waals surface area contributed by atoms with E-state index in [9.17, 15) is 0 Å². The largest absolute Gasteiger partial charge is 0.381 e. The molecule has 1 aliphatic rings. The number of hydrogen-bond donors (Lipinski definition) is 2. The molecular formula is C25H30N2. The molecule has 3 aromatic rings. The number of hydrogen-bond acceptors (Lipinski definition) is 1. The molecule has 4 rings (SSSR count). The van der Waals surface area contributed by atoms with Crippen LogP contribution in [0.15, 0.2) is 49.0 Å². The average Bonchev–Trinajstić information content (AvgIpc) is 3.09. The minimum atomic E-state index is 0.589. The van der Waals surface area contributed by atoms with Crippen molar-refractivity contribution in [2.75, 3.05) is 5.32 Å². The first kappa shape index (κ1) is 17.9. The number of aromatic amines is 1. The van der Waals surface area contributed by atoms with Crippen molar-refractivity contribution < 1.29 is 0 Å². The van der Waals surface area contributed by atoms with Crippen LogP contribution in [0, 0.1) is 0 Å². The second-order valence-electron chi connectivity index (χ2n) is 7.92. The number of rotatable bonds is 5. The monoisotopic (exact) mass is 358 g/mol. The lowest BCUT2D eigenvalue weighted by Crippen LogP contribution is -2.22. The smallest absolute Gasteiger partial charge is 0.0701 e. The molecule has 0 atom stereocenters. The number of benzene rings is 2. The van der Waals surface area contributed by atoms with Gasteiger partial charge in [0.15, 0.2) is 0 Å². The zero-order valence-corrected chi connectivity index (χ0v) is 16.6. The third-order valence-corrected chi connectivity index (χ3v) is 5.83. The number of aromatic nitrogens is 1. The summed E-state index contributed by atoms with van der Waals surface area (Å²) in [6, 6.07) is 15.9. The van der Waals surface area contributed by atoms with E-state index in [0.29, 0.717) is 6.04 Å². The molecule has 0 unspecified atom stereocenters. The van der Waals surface area contributed by atoms with Gasteiger partial charge in [-0.05, 0) is 55.0 Å². The number of anilines is 1. The normalized spacial score (nSPS) is 15.2. The van der Waals surface area contributed by atoms with Crippen molar-refractivity contribution in [3.05, 3.63) is 60.2 Å². The van der Waals surface area contributed by atoms with Crippen LogP contribution in [0.2, 0.25) is 0 Å². The molecule has 140 valence electrons. The van der Waals surface area contributed by atoms with Gasteiger partial charge in [0.05, 0.1) is 16.9 Å². The zero-order valence-electron chi connectivity index (χ0n) is 16.6. The van der Waals surface area contributed by atoms with Gasteiger partial charge in [0.25, 0.3) is 0 Å². The summed E-state index contributed by atoms with van der Waals surface area (Å²) >= 11 is 0. The van der Waals surface area contributed by atoms with Crippen LogP contribution >= 0.6 is 0 Å². The van der Waals surface area contributed by atoms with Gasteiger partial charge in [0.1, 0.15) is 0 Å². The molecule has 0 bridgehead atoms. The number of nitrogens with one attached hydrogen (secondary N) is 2. The molecule has 0 amide bonds. The fourth-order valence-corrected chi connectivity index (χ4v) is 4.41. The first-order valence-corrected chi connectivity index (χ1v) is 10.3. The maximum absolute atomic E-state index is 4.29. The van der Waals surface area contributed by atoms with Crippen molar-refractivity contribution in [3.63, 3.8) is 0 Å². The van der Waals surface area contributed by atoms with Crippen LogP contribution < -0.4 is 5.32 Å². The molecule has 2 N–H and O–H groups in total. The van der Waals surface area contributed by atoms with Gasteiger partial charge in [0.2, 0.25) is 0 Å². The molecule has 1 heterocycles. The maximum atomic E-state index is 4.29. The van der Waals surface area contributed by atoms with E-state index < -0.39 is 0 Å². The van der Waals surface area contributed by atoms with E-state index in [1.165, 1.54) is 71.1 Å². The topological polar surface area (TPSA) is 27.8 Å². The summed E-state index contributed by atoms with van der Waals surface area (Å²) < 4.78 is 0. The Kier molecular flexibility index (Phi) is 5.07. The molecule has 2 heteroatoms. The van der Waals surface area contributed by atoms with Gasteiger partial charge in [-0.3, -0.25) is 0 Å². The minimum Gasteiger partial charge on any atom is -0.381 e. The Hall–Kier alpha value is -2.48. The van der Waals surface area contributed by atoms with Crippen molar-refractivity contribution >= 4 is 22.2 Å². The zero-order chi connectivity index (χ0) is 18.8. The molecule has 27 heavy (non-hydrogen) atoms. The van der Waals surface area contributed by atoms with Gasteiger partial charge >= 0.3 is 0 Å². The van der Waals surface area contributed by atoms with Gasteiger partial charge in [-0.2, -0.15) is 0 Å². The van der Waals surface area contributed by atoms with E-state index in [1.807, 2.05) is 0 Å². The summed E-state index contributed by atoms with van der Waals surface area (Å²) in [4.78, 5) is 3.75.